The predicted molar refractivity (Wildman–Crippen MR) is 150 cm³/mol. The summed E-state index contributed by atoms with van der Waals surface area (Å²) in [4.78, 5) is 18.1. The second-order valence-corrected chi connectivity index (χ2v) is 8.43. The Labute approximate surface area is 224 Å². The summed E-state index contributed by atoms with van der Waals surface area (Å²) in [7, 11) is 0. The standard InChI is InChI=1S/C30H24FN7O/c31-23-14-8-7-13-22(23)18-34-26(25-15-16-39-38-25)17-24(32)30-35-19-27(29(33)37-30)36-28(20-9-3-1-4-10-20)21-11-5-2-6-12-21/h1-17,19H,18,32H2,(H2,33,35,37)/b24-17-,34-26?. The number of aromatic nitrogens is 3. The van der Waals surface area contributed by atoms with E-state index in [-0.39, 0.29) is 29.7 Å². The maximum Gasteiger partial charge on any atom is 0.177 e. The molecule has 0 saturated carbocycles. The van der Waals surface area contributed by atoms with E-state index in [0.717, 1.165) is 16.8 Å². The number of allylic oxidation sites excluding steroid dienone is 1. The van der Waals surface area contributed by atoms with E-state index in [1.54, 1.807) is 30.3 Å². The molecule has 0 aliphatic heterocycles. The zero-order valence-corrected chi connectivity index (χ0v) is 20.8. The third kappa shape index (κ3) is 6.11. The molecule has 0 aliphatic carbocycles. The van der Waals surface area contributed by atoms with Crippen molar-refractivity contribution in [3.05, 3.63) is 144 Å². The number of nitrogens with zero attached hydrogens (tertiary/aromatic N) is 5. The third-order valence-corrected chi connectivity index (χ3v) is 5.75. The molecule has 0 aliphatic rings. The van der Waals surface area contributed by atoms with Crippen molar-refractivity contribution in [2.45, 2.75) is 6.54 Å². The van der Waals surface area contributed by atoms with E-state index >= 15 is 0 Å². The molecule has 0 fully saturated rings. The molecule has 2 heterocycles. The first-order chi connectivity index (χ1) is 19.1. The second-order valence-electron chi connectivity index (χ2n) is 8.43. The van der Waals surface area contributed by atoms with E-state index < -0.39 is 0 Å². The highest BCUT2D eigenvalue weighted by atomic mass is 19.1. The van der Waals surface area contributed by atoms with Gasteiger partial charge in [0, 0.05) is 22.8 Å². The zero-order valence-electron chi connectivity index (χ0n) is 20.8. The highest BCUT2D eigenvalue weighted by molar-refractivity contribution is 6.14. The van der Waals surface area contributed by atoms with Crippen molar-refractivity contribution in [2.24, 2.45) is 15.7 Å². The molecule has 0 atom stereocenters. The number of nitrogen functional groups attached to an aromatic ring is 1. The Bertz CT molecular complexity index is 1610. The molecular formula is C30H24FN7O. The van der Waals surface area contributed by atoms with Gasteiger partial charge in [0.2, 0.25) is 0 Å². The summed E-state index contributed by atoms with van der Waals surface area (Å²) in [5, 5.41) is 3.94. The molecular weight excluding hydrogens is 493 g/mol. The van der Waals surface area contributed by atoms with Crippen molar-refractivity contribution in [1.82, 2.24) is 15.1 Å². The minimum absolute atomic E-state index is 0.0804. The summed E-state index contributed by atoms with van der Waals surface area (Å²) in [6, 6.07) is 27.6. The zero-order chi connectivity index (χ0) is 27.0. The van der Waals surface area contributed by atoms with Crippen LogP contribution in [0.1, 0.15) is 28.2 Å². The largest absolute Gasteiger partial charge is 0.396 e. The van der Waals surface area contributed by atoms with Gasteiger partial charge in [0.25, 0.3) is 0 Å². The molecule has 0 bridgehead atoms. The molecule has 5 rings (SSSR count). The predicted octanol–water partition coefficient (Wildman–Crippen LogP) is 5.34. The van der Waals surface area contributed by atoms with Gasteiger partial charge in [0.15, 0.2) is 11.6 Å². The molecule has 5 aromatic rings. The van der Waals surface area contributed by atoms with Crippen LogP contribution >= 0.6 is 0 Å². The minimum Gasteiger partial charge on any atom is -0.396 e. The monoisotopic (exact) mass is 517 g/mol. The van der Waals surface area contributed by atoms with E-state index in [0.29, 0.717) is 22.7 Å². The number of aliphatic imine (C=N–C) groups is 2. The van der Waals surface area contributed by atoms with Crippen LogP contribution in [0.5, 0.6) is 0 Å². The van der Waals surface area contributed by atoms with Crippen LogP contribution in [0.2, 0.25) is 0 Å². The molecule has 0 amide bonds. The molecule has 192 valence electrons. The van der Waals surface area contributed by atoms with Gasteiger partial charge in [-0.25, -0.2) is 19.4 Å². The number of nitrogens with two attached hydrogens (primary N) is 2. The van der Waals surface area contributed by atoms with Gasteiger partial charge in [-0.1, -0.05) is 84.0 Å². The fourth-order valence-electron chi connectivity index (χ4n) is 3.78. The molecule has 2 aromatic heterocycles. The van der Waals surface area contributed by atoms with Crippen LogP contribution < -0.4 is 11.5 Å². The summed E-state index contributed by atoms with van der Waals surface area (Å²) < 4.78 is 19.1. The van der Waals surface area contributed by atoms with Crippen molar-refractivity contribution >= 4 is 28.6 Å². The number of rotatable bonds is 8. The summed E-state index contributed by atoms with van der Waals surface area (Å²) in [5.41, 5.74) is 17.1. The molecule has 0 unspecified atom stereocenters. The van der Waals surface area contributed by atoms with E-state index in [9.17, 15) is 4.39 Å². The van der Waals surface area contributed by atoms with E-state index in [4.69, 9.17) is 21.0 Å². The summed E-state index contributed by atoms with van der Waals surface area (Å²) in [5.74, 6) is -0.00293. The summed E-state index contributed by atoms with van der Waals surface area (Å²) in [6.07, 6.45) is 4.49. The number of anilines is 1. The average Bonchev–Trinajstić information content (AvgIpc) is 3.51. The van der Waals surface area contributed by atoms with Gasteiger partial charge in [-0.2, -0.15) is 0 Å². The van der Waals surface area contributed by atoms with Gasteiger partial charge in [-0.3, -0.25) is 4.99 Å². The van der Waals surface area contributed by atoms with Crippen LogP contribution in [0.15, 0.2) is 124 Å². The Morgan fingerprint density at radius 2 is 1.56 bits per heavy atom. The van der Waals surface area contributed by atoms with Crippen LogP contribution in [0.4, 0.5) is 15.9 Å². The molecule has 3 aromatic carbocycles. The highest BCUT2D eigenvalue weighted by Gasteiger charge is 2.13. The molecule has 39 heavy (non-hydrogen) atoms. The van der Waals surface area contributed by atoms with Crippen molar-refractivity contribution in [1.29, 1.82) is 0 Å². The lowest BCUT2D eigenvalue weighted by Gasteiger charge is -2.09. The van der Waals surface area contributed by atoms with Gasteiger partial charge in [-0.15, -0.1) is 0 Å². The van der Waals surface area contributed by atoms with Crippen LogP contribution in [0.25, 0.3) is 5.70 Å². The number of halogens is 1. The lowest BCUT2D eigenvalue weighted by molar-refractivity contribution is 0.418. The van der Waals surface area contributed by atoms with Gasteiger partial charge in [0.05, 0.1) is 29.9 Å². The maximum absolute atomic E-state index is 14.1. The molecule has 0 spiro atoms. The first kappa shape index (κ1) is 25.2. The first-order valence-corrected chi connectivity index (χ1v) is 12.1. The van der Waals surface area contributed by atoms with Crippen molar-refractivity contribution in [3.8, 4) is 0 Å². The SMILES string of the molecule is N/C(=C\C(=NCc1ccccc1F)c1ccon1)c1ncc(N=C(c2ccccc2)c2ccccc2)c(N)n1. The molecule has 0 saturated heterocycles. The molecule has 0 radical (unpaired) electrons. The third-order valence-electron chi connectivity index (χ3n) is 5.75. The Balaban J connectivity index is 1.48. The number of hydrogen-bond acceptors (Lipinski definition) is 8. The fraction of sp³-hybridized carbons (Fsp3) is 0.0333. The van der Waals surface area contributed by atoms with Crippen LogP contribution in [-0.4, -0.2) is 26.5 Å². The lowest BCUT2D eigenvalue weighted by atomic mass is 10.0. The highest BCUT2D eigenvalue weighted by Crippen LogP contribution is 2.23. The van der Waals surface area contributed by atoms with Crippen LogP contribution in [0.3, 0.4) is 0 Å². The fourth-order valence-corrected chi connectivity index (χ4v) is 3.78. The summed E-state index contributed by atoms with van der Waals surface area (Å²) in [6.45, 7) is 0.0804. The number of hydrogen-bond donors (Lipinski definition) is 2. The van der Waals surface area contributed by atoms with Crippen molar-refractivity contribution in [2.75, 3.05) is 5.73 Å². The van der Waals surface area contributed by atoms with Crippen LogP contribution in [0, 0.1) is 5.82 Å². The Morgan fingerprint density at radius 1 is 0.897 bits per heavy atom. The van der Waals surface area contributed by atoms with E-state index in [2.05, 4.69) is 20.1 Å². The quantitative estimate of drug-likeness (QED) is 0.267. The average molecular weight is 518 g/mol. The van der Waals surface area contributed by atoms with Gasteiger partial charge >= 0.3 is 0 Å². The van der Waals surface area contributed by atoms with Gasteiger partial charge in [-0.05, 0) is 12.1 Å². The van der Waals surface area contributed by atoms with Gasteiger partial charge < -0.3 is 16.0 Å². The molecule has 8 nitrogen and oxygen atoms in total. The second kappa shape index (κ2) is 11.7. The Kier molecular flexibility index (Phi) is 7.59. The van der Waals surface area contributed by atoms with Crippen molar-refractivity contribution in [3.63, 3.8) is 0 Å². The van der Waals surface area contributed by atoms with Gasteiger partial charge in [0.1, 0.15) is 23.5 Å². The topological polar surface area (TPSA) is 129 Å². The Morgan fingerprint density at radius 3 is 2.18 bits per heavy atom. The van der Waals surface area contributed by atoms with E-state index in [1.807, 2.05) is 60.7 Å². The first-order valence-electron chi connectivity index (χ1n) is 12.1. The molecule has 4 N–H and O–H groups in total. The Hall–Kier alpha value is -5.44. The van der Waals surface area contributed by atoms with Crippen molar-refractivity contribution < 1.29 is 8.91 Å². The summed E-state index contributed by atoms with van der Waals surface area (Å²) >= 11 is 0. The number of benzene rings is 3. The maximum atomic E-state index is 14.1. The smallest absolute Gasteiger partial charge is 0.177 e. The normalized spacial score (nSPS) is 11.8. The minimum atomic E-state index is -0.352. The lowest BCUT2D eigenvalue weighted by Crippen LogP contribution is -2.09. The van der Waals surface area contributed by atoms with Crippen LogP contribution in [-0.2, 0) is 6.54 Å². The molecule has 9 heteroatoms. The van der Waals surface area contributed by atoms with E-state index in [1.165, 1.54) is 18.5 Å².